The number of unbranched alkanes of at least 4 members (excludes halogenated alkanes) is 1. The van der Waals surface area contributed by atoms with Crippen molar-refractivity contribution in [3.05, 3.63) is 0 Å². The van der Waals surface area contributed by atoms with Crippen LogP contribution in [-0.2, 0) is 14.4 Å². The minimum atomic E-state index is -1.08. The molecule has 0 heterocycles. The number of carbonyl (C=O) groups excluding carboxylic acids is 2. The van der Waals surface area contributed by atoms with Crippen molar-refractivity contribution in [3.8, 4) is 0 Å². The first-order valence-electron chi connectivity index (χ1n) is 9.37. The monoisotopic (exact) mass is 372 g/mol. The minimum absolute atomic E-state index is 0.116. The minimum Gasteiger partial charge on any atom is -0.480 e. The molecule has 3 atom stereocenters. The number of nitrogens with one attached hydrogen (secondary N) is 2. The lowest BCUT2D eigenvalue weighted by Gasteiger charge is -2.24. The number of nitrogens with two attached hydrogens (primary N) is 2. The van der Waals surface area contributed by atoms with Crippen molar-refractivity contribution < 1.29 is 19.5 Å². The Morgan fingerprint density at radius 2 is 1.38 bits per heavy atom. The molecule has 0 aromatic heterocycles. The zero-order chi connectivity index (χ0) is 20.3. The highest BCUT2D eigenvalue weighted by atomic mass is 16.4. The van der Waals surface area contributed by atoms with E-state index in [1.165, 1.54) is 0 Å². The Balaban J connectivity index is 4.92. The summed E-state index contributed by atoms with van der Waals surface area (Å²) in [5, 5.41) is 14.5. The number of hydrogen-bond donors (Lipinski definition) is 5. The van der Waals surface area contributed by atoms with E-state index in [9.17, 15) is 19.5 Å². The Hall–Kier alpha value is -1.67. The maximum absolute atomic E-state index is 12.5. The first kappa shape index (κ1) is 24.3. The zero-order valence-electron chi connectivity index (χ0n) is 16.5. The highest BCUT2D eigenvalue weighted by Gasteiger charge is 2.28. The van der Waals surface area contributed by atoms with E-state index in [2.05, 4.69) is 10.6 Å². The molecule has 0 spiro atoms. The Bertz CT molecular complexity index is 454. The number of carboxylic acid groups (broad SMARTS) is 1. The van der Waals surface area contributed by atoms with Crippen LogP contribution in [0.1, 0.15) is 59.8 Å². The van der Waals surface area contributed by atoms with E-state index >= 15 is 0 Å². The van der Waals surface area contributed by atoms with Gasteiger partial charge >= 0.3 is 5.97 Å². The molecular formula is C18H36N4O4. The van der Waals surface area contributed by atoms with Crippen LogP contribution in [0.4, 0.5) is 0 Å². The Labute approximate surface area is 156 Å². The van der Waals surface area contributed by atoms with Crippen LogP contribution in [0.25, 0.3) is 0 Å². The van der Waals surface area contributed by atoms with E-state index < -0.39 is 35.9 Å². The summed E-state index contributed by atoms with van der Waals surface area (Å²) in [6.45, 7) is 8.16. The van der Waals surface area contributed by atoms with Gasteiger partial charge in [0.2, 0.25) is 11.8 Å². The normalized spacial score (nSPS) is 14.8. The second kappa shape index (κ2) is 12.6. The number of rotatable bonds is 13. The Morgan fingerprint density at radius 1 is 0.885 bits per heavy atom. The fourth-order valence-corrected chi connectivity index (χ4v) is 2.59. The summed E-state index contributed by atoms with van der Waals surface area (Å²) in [5.74, 6) is -1.72. The molecule has 0 rings (SSSR count). The molecule has 0 aliphatic heterocycles. The predicted octanol–water partition coefficient (Wildman–Crippen LogP) is 0.589. The van der Waals surface area contributed by atoms with Crippen molar-refractivity contribution in [2.75, 3.05) is 6.54 Å². The molecule has 0 aromatic rings. The van der Waals surface area contributed by atoms with Gasteiger partial charge in [0.1, 0.15) is 12.1 Å². The van der Waals surface area contributed by atoms with Gasteiger partial charge in [0, 0.05) is 0 Å². The molecule has 0 saturated carbocycles. The molecule has 7 N–H and O–H groups in total. The summed E-state index contributed by atoms with van der Waals surface area (Å²) in [7, 11) is 0. The number of hydrogen-bond acceptors (Lipinski definition) is 5. The van der Waals surface area contributed by atoms with Gasteiger partial charge in [-0.15, -0.1) is 0 Å². The Kier molecular flexibility index (Phi) is 11.8. The number of carboxylic acids is 1. The summed E-state index contributed by atoms with van der Waals surface area (Å²) >= 11 is 0. The van der Waals surface area contributed by atoms with Gasteiger partial charge in [-0.2, -0.15) is 0 Å². The van der Waals surface area contributed by atoms with Gasteiger partial charge < -0.3 is 27.2 Å². The van der Waals surface area contributed by atoms with Crippen LogP contribution in [0.3, 0.4) is 0 Å². The first-order valence-corrected chi connectivity index (χ1v) is 9.37. The van der Waals surface area contributed by atoms with E-state index in [1.54, 1.807) is 0 Å². The number of carbonyl (C=O) groups is 3. The van der Waals surface area contributed by atoms with E-state index in [4.69, 9.17) is 11.5 Å². The molecule has 3 unspecified atom stereocenters. The third-order valence-electron chi connectivity index (χ3n) is 3.97. The van der Waals surface area contributed by atoms with Gasteiger partial charge in [-0.25, -0.2) is 4.79 Å². The molecule has 8 heteroatoms. The summed E-state index contributed by atoms with van der Waals surface area (Å²) < 4.78 is 0. The molecule has 152 valence electrons. The molecule has 0 aliphatic rings. The largest absolute Gasteiger partial charge is 0.480 e. The Morgan fingerprint density at radius 3 is 1.85 bits per heavy atom. The molecule has 8 nitrogen and oxygen atoms in total. The van der Waals surface area contributed by atoms with E-state index in [0.717, 1.165) is 12.8 Å². The molecule has 26 heavy (non-hydrogen) atoms. The standard InChI is InChI=1S/C18H36N4O4/c1-11(2)9-14(21-16(23)13(20)7-5-6-8-19)17(24)22-15(18(25)26)10-12(3)4/h11-15H,5-10,19-20H2,1-4H3,(H,21,23)(H,22,24)(H,25,26). The molecule has 0 bridgehead atoms. The predicted molar refractivity (Wildman–Crippen MR) is 101 cm³/mol. The number of aliphatic carboxylic acids is 1. The van der Waals surface area contributed by atoms with Crippen molar-refractivity contribution in [1.29, 1.82) is 0 Å². The second-order valence-electron chi connectivity index (χ2n) is 7.61. The van der Waals surface area contributed by atoms with Gasteiger partial charge in [0.05, 0.1) is 6.04 Å². The maximum Gasteiger partial charge on any atom is 0.326 e. The van der Waals surface area contributed by atoms with Gasteiger partial charge in [-0.05, 0) is 44.1 Å². The lowest BCUT2D eigenvalue weighted by atomic mass is 10.00. The SMILES string of the molecule is CC(C)CC(NC(=O)C(CC(C)C)NC(=O)C(N)CCCCN)C(=O)O. The van der Waals surface area contributed by atoms with E-state index in [-0.39, 0.29) is 11.8 Å². The second-order valence-corrected chi connectivity index (χ2v) is 7.61. The van der Waals surface area contributed by atoms with Gasteiger partial charge in [0.15, 0.2) is 0 Å². The van der Waals surface area contributed by atoms with Crippen molar-refractivity contribution in [3.63, 3.8) is 0 Å². The molecule has 0 saturated heterocycles. The highest BCUT2D eigenvalue weighted by Crippen LogP contribution is 2.09. The van der Waals surface area contributed by atoms with Crippen molar-refractivity contribution >= 4 is 17.8 Å². The maximum atomic E-state index is 12.5. The van der Waals surface area contributed by atoms with Crippen molar-refractivity contribution in [2.45, 2.75) is 77.9 Å². The zero-order valence-corrected chi connectivity index (χ0v) is 16.5. The molecule has 0 radical (unpaired) electrons. The first-order chi connectivity index (χ1) is 12.1. The molecule has 2 amide bonds. The van der Waals surface area contributed by atoms with Crippen LogP contribution in [0.15, 0.2) is 0 Å². The summed E-state index contributed by atoms with van der Waals surface area (Å²) in [6, 6.07) is -2.50. The van der Waals surface area contributed by atoms with Crippen LogP contribution >= 0.6 is 0 Å². The lowest BCUT2D eigenvalue weighted by molar-refractivity contribution is -0.142. The number of amides is 2. The van der Waals surface area contributed by atoms with Gasteiger partial charge in [0.25, 0.3) is 0 Å². The smallest absolute Gasteiger partial charge is 0.326 e. The summed E-state index contributed by atoms with van der Waals surface area (Å²) in [5.41, 5.74) is 11.3. The summed E-state index contributed by atoms with van der Waals surface area (Å²) in [4.78, 5) is 36.2. The third kappa shape index (κ3) is 10.4. The lowest BCUT2D eigenvalue weighted by Crippen LogP contribution is -2.55. The molecule has 0 fully saturated rings. The van der Waals surface area contributed by atoms with E-state index in [0.29, 0.717) is 25.8 Å². The van der Waals surface area contributed by atoms with Crippen LogP contribution < -0.4 is 22.1 Å². The van der Waals surface area contributed by atoms with Gasteiger partial charge in [-0.3, -0.25) is 9.59 Å². The van der Waals surface area contributed by atoms with Crippen molar-refractivity contribution in [2.24, 2.45) is 23.3 Å². The molecule has 0 aromatic carbocycles. The van der Waals surface area contributed by atoms with Crippen LogP contribution in [0.2, 0.25) is 0 Å². The quantitative estimate of drug-likeness (QED) is 0.299. The van der Waals surface area contributed by atoms with Crippen LogP contribution in [0, 0.1) is 11.8 Å². The fraction of sp³-hybridized carbons (Fsp3) is 0.833. The average molecular weight is 373 g/mol. The van der Waals surface area contributed by atoms with Crippen LogP contribution in [0.5, 0.6) is 0 Å². The van der Waals surface area contributed by atoms with Gasteiger partial charge in [-0.1, -0.05) is 34.1 Å². The van der Waals surface area contributed by atoms with E-state index in [1.807, 2.05) is 27.7 Å². The van der Waals surface area contributed by atoms with Crippen molar-refractivity contribution in [1.82, 2.24) is 10.6 Å². The average Bonchev–Trinajstić information content (AvgIpc) is 2.52. The fourth-order valence-electron chi connectivity index (χ4n) is 2.59. The molecular weight excluding hydrogens is 336 g/mol. The van der Waals surface area contributed by atoms with Crippen LogP contribution in [-0.4, -0.2) is 47.6 Å². The topological polar surface area (TPSA) is 148 Å². The highest BCUT2D eigenvalue weighted by molar-refractivity contribution is 5.91. The third-order valence-corrected chi connectivity index (χ3v) is 3.97. The molecule has 0 aliphatic carbocycles. The summed E-state index contributed by atoms with van der Waals surface area (Å²) in [6.07, 6.45) is 2.74.